The summed E-state index contributed by atoms with van der Waals surface area (Å²) in [5.41, 5.74) is 7.78. The molecule has 1 heterocycles. The number of benzene rings is 1. The van der Waals surface area contributed by atoms with Crippen molar-refractivity contribution < 1.29 is 9.53 Å². The molecule has 0 radical (unpaired) electrons. The van der Waals surface area contributed by atoms with E-state index in [4.69, 9.17) is 34.3 Å². The molecule has 0 aliphatic rings. The number of carbonyl (C=O) groups is 1. The van der Waals surface area contributed by atoms with Crippen LogP contribution in [-0.4, -0.2) is 17.1 Å². The van der Waals surface area contributed by atoms with E-state index in [1.807, 2.05) is 13.0 Å². The van der Waals surface area contributed by atoms with Gasteiger partial charge in [-0.3, -0.25) is 4.57 Å². The van der Waals surface area contributed by atoms with Gasteiger partial charge in [-0.15, -0.1) is 0 Å². The second-order valence-corrected chi connectivity index (χ2v) is 6.15. The number of esters is 1. The van der Waals surface area contributed by atoms with Crippen molar-refractivity contribution in [2.24, 2.45) is 0 Å². The molecule has 0 amide bonds. The monoisotopic (exact) mass is 328 g/mol. The molecule has 20 heavy (non-hydrogen) atoms. The number of nitrogen functional groups attached to an aromatic ring is 1. The third kappa shape index (κ3) is 2.72. The molecule has 0 aliphatic heterocycles. The minimum atomic E-state index is -0.459. The van der Waals surface area contributed by atoms with Crippen LogP contribution >= 0.6 is 35.2 Å². The lowest BCUT2D eigenvalue weighted by Gasteiger charge is -2.10. The fourth-order valence-corrected chi connectivity index (χ4v) is 3.19. The van der Waals surface area contributed by atoms with Gasteiger partial charge in [-0.2, -0.15) is 0 Å². The van der Waals surface area contributed by atoms with Crippen molar-refractivity contribution in [2.45, 2.75) is 13.8 Å². The number of nitrogens with zero attached hydrogens (tertiary/aromatic N) is 1. The maximum Gasteiger partial charge on any atom is 0.352 e. The summed E-state index contributed by atoms with van der Waals surface area (Å²) in [5.74, 6) is -0.177. The number of carbonyl (C=O) groups excluding carboxylic acids is 1. The van der Waals surface area contributed by atoms with E-state index in [0.717, 1.165) is 22.6 Å². The lowest BCUT2D eigenvalue weighted by atomic mass is 10.2. The Hall–Kier alpha value is -1.37. The Morgan fingerprint density at radius 3 is 2.90 bits per heavy atom. The minimum Gasteiger partial charge on any atom is -0.462 e. The summed E-state index contributed by atoms with van der Waals surface area (Å²) < 4.78 is 7.10. The molecule has 0 fully saturated rings. The first-order valence-corrected chi connectivity index (χ1v) is 7.51. The van der Waals surface area contributed by atoms with Gasteiger partial charge in [0.25, 0.3) is 0 Å². The van der Waals surface area contributed by atoms with Crippen LogP contribution < -0.4 is 5.73 Å². The molecule has 2 N–H and O–H groups in total. The van der Waals surface area contributed by atoms with Crippen molar-refractivity contribution in [1.82, 2.24) is 4.57 Å². The Labute approximate surface area is 130 Å². The molecule has 0 unspecified atom stereocenters. The van der Waals surface area contributed by atoms with Crippen molar-refractivity contribution in [3.63, 3.8) is 0 Å². The van der Waals surface area contributed by atoms with Crippen LogP contribution in [0.3, 0.4) is 0 Å². The van der Waals surface area contributed by atoms with Gasteiger partial charge in [0.15, 0.2) is 8.83 Å². The number of hydrogen-bond donors (Lipinski definition) is 1. The molecular formula is C13H13ClN2O2S2. The van der Waals surface area contributed by atoms with E-state index in [0.29, 0.717) is 20.5 Å². The van der Waals surface area contributed by atoms with Gasteiger partial charge in [-0.1, -0.05) is 29.0 Å². The number of nitrogens with two attached hydrogens (primary N) is 1. The number of aromatic nitrogens is 1. The van der Waals surface area contributed by atoms with Crippen molar-refractivity contribution in [1.29, 1.82) is 0 Å². The second-order valence-electron chi connectivity index (χ2n) is 4.07. The van der Waals surface area contributed by atoms with Crippen LogP contribution in [0.1, 0.15) is 22.2 Å². The molecule has 0 saturated carbocycles. The van der Waals surface area contributed by atoms with E-state index in [-0.39, 0.29) is 5.82 Å². The molecule has 0 atom stereocenters. The number of ether oxygens (including phenoxy) is 1. The predicted octanol–water partition coefficient (Wildman–Crippen LogP) is 3.99. The van der Waals surface area contributed by atoms with Crippen molar-refractivity contribution in [2.75, 3.05) is 12.3 Å². The molecular weight excluding hydrogens is 316 g/mol. The van der Waals surface area contributed by atoms with Gasteiger partial charge < -0.3 is 10.5 Å². The summed E-state index contributed by atoms with van der Waals surface area (Å²) in [6.07, 6.45) is 0. The topological polar surface area (TPSA) is 57.2 Å². The maximum absolute atomic E-state index is 11.8. The fraction of sp³-hybridized carbons (Fsp3) is 0.231. The molecule has 1 aromatic heterocycles. The Bertz CT molecular complexity index is 722. The van der Waals surface area contributed by atoms with Crippen molar-refractivity contribution in [3.05, 3.63) is 37.6 Å². The summed E-state index contributed by atoms with van der Waals surface area (Å²) in [4.78, 5) is 12.2. The number of thiazole rings is 1. The smallest absolute Gasteiger partial charge is 0.352 e. The summed E-state index contributed by atoms with van der Waals surface area (Å²) >= 11 is 12.4. The Morgan fingerprint density at radius 1 is 1.55 bits per heavy atom. The predicted molar refractivity (Wildman–Crippen MR) is 84.6 cm³/mol. The third-order valence-corrected chi connectivity index (χ3v) is 4.32. The van der Waals surface area contributed by atoms with Crippen LogP contribution in [0.15, 0.2) is 18.2 Å². The Balaban J connectivity index is 2.61. The molecule has 0 bridgehead atoms. The van der Waals surface area contributed by atoms with Gasteiger partial charge in [0.2, 0.25) is 0 Å². The van der Waals surface area contributed by atoms with Crippen LogP contribution in [-0.2, 0) is 4.74 Å². The average Bonchev–Trinajstić information content (AvgIpc) is 2.68. The molecule has 2 rings (SSSR count). The average molecular weight is 329 g/mol. The second kappa shape index (κ2) is 5.95. The summed E-state index contributed by atoms with van der Waals surface area (Å²) in [6, 6.07) is 5.43. The molecule has 7 heteroatoms. The highest BCUT2D eigenvalue weighted by molar-refractivity contribution is 7.73. The van der Waals surface area contributed by atoms with Gasteiger partial charge in [0.05, 0.1) is 12.3 Å². The van der Waals surface area contributed by atoms with Crippen molar-refractivity contribution >= 4 is 46.9 Å². The number of aryl methyl sites for hydroxylation is 1. The zero-order valence-electron chi connectivity index (χ0n) is 11.0. The highest BCUT2D eigenvalue weighted by atomic mass is 35.5. The van der Waals surface area contributed by atoms with Crippen LogP contribution in [0.2, 0.25) is 5.02 Å². The van der Waals surface area contributed by atoms with Gasteiger partial charge in [-0.05, 0) is 43.8 Å². The van der Waals surface area contributed by atoms with Crippen LogP contribution in [0.4, 0.5) is 5.82 Å². The highest BCUT2D eigenvalue weighted by Gasteiger charge is 2.19. The molecule has 0 spiro atoms. The number of halogens is 1. The SMILES string of the molecule is CCOC(=O)c1sc(=S)n(-c2cc(Cl)ccc2C)c1N. The lowest BCUT2D eigenvalue weighted by molar-refractivity contribution is 0.0533. The maximum atomic E-state index is 11.8. The van der Waals surface area contributed by atoms with Crippen LogP contribution in [0, 0.1) is 10.9 Å². The third-order valence-electron chi connectivity index (χ3n) is 2.72. The van der Waals surface area contributed by atoms with E-state index in [1.165, 1.54) is 0 Å². The number of rotatable bonds is 3. The standard InChI is InChI=1S/C13H13ClN2O2S2/c1-3-18-12(17)10-11(15)16(13(19)20-10)9-6-8(14)5-4-7(9)2/h4-6H,3,15H2,1-2H3. The van der Waals surface area contributed by atoms with E-state index < -0.39 is 5.97 Å². The van der Waals surface area contributed by atoms with Gasteiger partial charge >= 0.3 is 5.97 Å². The summed E-state index contributed by atoms with van der Waals surface area (Å²) in [5, 5.41) is 0.579. The molecule has 2 aromatic rings. The van der Waals surface area contributed by atoms with Crippen molar-refractivity contribution in [3.8, 4) is 5.69 Å². The minimum absolute atomic E-state index is 0.281. The Morgan fingerprint density at radius 2 is 2.25 bits per heavy atom. The van der Waals surface area contributed by atoms with Crippen LogP contribution in [0.5, 0.6) is 0 Å². The first kappa shape index (κ1) is 15.0. The van der Waals surface area contributed by atoms with E-state index in [1.54, 1.807) is 23.6 Å². The van der Waals surface area contributed by atoms with Crippen LogP contribution in [0.25, 0.3) is 5.69 Å². The van der Waals surface area contributed by atoms with E-state index in [2.05, 4.69) is 0 Å². The largest absolute Gasteiger partial charge is 0.462 e. The highest BCUT2D eigenvalue weighted by Crippen LogP contribution is 2.29. The van der Waals surface area contributed by atoms with E-state index >= 15 is 0 Å². The lowest BCUT2D eigenvalue weighted by Crippen LogP contribution is -2.08. The zero-order chi connectivity index (χ0) is 14.9. The molecule has 0 aliphatic carbocycles. The zero-order valence-corrected chi connectivity index (χ0v) is 13.4. The number of anilines is 1. The summed E-state index contributed by atoms with van der Waals surface area (Å²) in [6.45, 7) is 3.96. The van der Waals surface area contributed by atoms with Gasteiger partial charge in [0.1, 0.15) is 5.82 Å². The molecule has 1 aromatic carbocycles. The van der Waals surface area contributed by atoms with Gasteiger partial charge in [0, 0.05) is 5.02 Å². The Kier molecular flexibility index (Phi) is 4.47. The number of hydrogen-bond acceptors (Lipinski definition) is 5. The fourth-order valence-electron chi connectivity index (χ4n) is 1.78. The van der Waals surface area contributed by atoms with Gasteiger partial charge in [-0.25, -0.2) is 4.79 Å². The first-order valence-electron chi connectivity index (χ1n) is 5.90. The quantitative estimate of drug-likeness (QED) is 0.683. The molecule has 4 nitrogen and oxygen atoms in total. The molecule has 0 saturated heterocycles. The normalized spacial score (nSPS) is 10.6. The first-order chi connectivity index (χ1) is 9.45. The summed E-state index contributed by atoms with van der Waals surface area (Å²) in [7, 11) is 0. The molecule has 106 valence electrons. The van der Waals surface area contributed by atoms with E-state index in [9.17, 15) is 4.79 Å².